The van der Waals surface area contributed by atoms with E-state index in [1.807, 2.05) is 48.5 Å². The van der Waals surface area contributed by atoms with Gasteiger partial charge in [-0.2, -0.15) is 4.52 Å². The van der Waals surface area contributed by atoms with Crippen LogP contribution in [0.5, 0.6) is 5.75 Å². The van der Waals surface area contributed by atoms with Crippen molar-refractivity contribution < 1.29 is 9.53 Å². The van der Waals surface area contributed by atoms with Crippen molar-refractivity contribution in [2.75, 3.05) is 7.11 Å². The summed E-state index contributed by atoms with van der Waals surface area (Å²) in [5.41, 5.74) is 1.95. The number of aromatic nitrogens is 4. The molecule has 0 aliphatic carbocycles. The third kappa shape index (κ3) is 3.48. The van der Waals surface area contributed by atoms with Gasteiger partial charge < -0.3 is 4.74 Å². The zero-order valence-corrected chi connectivity index (χ0v) is 18.6. The van der Waals surface area contributed by atoms with Crippen molar-refractivity contribution >= 4 is 38.3 Å². The van der Waals surface area contributed by atoms with Crippen LogP contribution in [0.15, 0.2) is 82.1 Å². The Morgan fingerprint density at radius 2 is 1.72 bits per heavy atom. The van der Waals surface area contributed by atoms with Crippen LogP contribution in [0.1, 0.15) is 10.4 Å². The molecule has 0 N–H and O–H groups in total. The molecule has 0 aliphatic heterocycles. The highest BCUT2D eigenvalue weighted by Crippen LogP contribution is 2.23. The van der Waals surface area contributed by atoms with Crippen molar-refractivity contribution in [2.45, 2.75) is 6.54 Å². The van der Waals surface area contributed by atoms with E-state index in [0.717, 1.165) is 21.2 Å². The molecule has 2 aromatic heterocycles. The summed E-state index contributed by atoms with van der Waals surface area (Å²) >= 11 is 3.37. The van der Waals surface area contributed by atoms with Gasteiger partial charge in [0.2, 0.25) is 0 Å². The Kier molecular flexibility index (Phi) is 5.07. The van der Waals surface area contributed by atoms with E-state index in [2.05, 4.69) is 26.0 Å². The van der Waals surface area contributed by atoms with E-state index in [-0.39, 0.29) is 12.3 Å². The number of benzene rings is 3. The van der Waals surface area contributed by atoms with Gasteiger partial charge in [0.15, 0.2) is 17.3 Å². The van der Waals surface area contributed by atoms with Crippen molar-refractivity contribution in [3.8, 4) is 17.1 Å². The number of carbonyl (C=O) groups excluding carboxylic acids is 1. The summed E-state index contributed by atoms with van der Waals surface area (Å²) in [4.78, 5) is 30.9. The maximum Gasteiger partial charge on any atom is 0.351 e. The van der Waals surface area contributed by atoms with Crippen molar-refractivity contribution in [2.24, 2.45) is 0 Å². The van der Waals surface area contributed by atoms with E-state index >= 15 is 0 Å². The normalized spacial score (nSPS) is 11.2. The topological polar surface area (TPSA) is 78.5 Å². The molecular weight excluding hydrogens is 472 g/mol. The highest BCUT2D eigenvalue weighted by molar-refractivity contribution is 9.10. The van der Waals surface area contributed by atoms with E-state index in [4.69, 9.17) is 4.74 Å². The fourth-order valence-electron chi connectivity index (χ4n) is 3.62. The molecule has 0 spiro atoms. The van der Waals surface area contributed by atoms with Crippen molar-refractivity contribution in [3.05, 3.63) is 93.3 Å². The van der Waals surface area contributed by atoms with Gasteiger partial charge in [0.05, 0.1) is 19.2 Å². The third-order valence-corrected chi connectivity index (χ3v) is 5.80. The molecule has 0 radical (unpaired) electrons. The number of para-hydroxylation sites is 1. The average molecular weight is 489 g/mol. The molecule has 5 aromatic rings. The standard InChI is InChI=1S/C24H17BrN4O3/c1-32-18-12-8-16(9-13-18)22-26-23-19-4-2-3-5-20(19)28(24(31)29(23)27-22)14-21(30)15-6-10-17(25)11-7-15/h2-13H,14H2,1H3. The molecule has 158 valence electrons. The summed E-state index contributed by atoms with van der Waals surface area (Å²) in [6, 6.07) is 21.8. The molecule has 8 heteroatoms. The highest BCUT2D eigenvalue weighted by Gasteiger charge is 2.18. The van der Waals surface area contributed by atoms with Crippen LogP contribution in [-0.2, 0) is 6.54 Å². The van der Waals surface area contributed by atoms with Gasteiger partial charge in [-0.25, -0.2) is 9.78 Å². The lowest BCUT2D eigenvalue weighted by atomic mass is 10.1. The zero-order valence-electron chi connectivity index (χ0n) is 17.0. The first-order valence-electron chi connectivity index (χ1n) is 9.86. The molecule has 0 amide bonds. The second-order valence-electron chi connectivity index (χ2n) is 7.22. The van der Waals surface area contributed by atoms with Crippen LogP contribution in [0.3, 0.4) is 0 Å². The molecule has 0 atom stereocenters. The Morgan fingerprint density at radius 3 is 2.44 bits per heavy atom. The van der Waals surface area contributed by atoms with Crippen molar-refractivity contribution in [1.82, 2.24) is 19.2 Å². The minimum absolute atomic E-state index is 0.103. The number of fused-ring (bicyclic) bond motifs is 3. The summed E-state index contributed by atoms with van der Waals surface area (Å²) in [7, 11) is 1.60. The second-order valence-corrected chi connectivity index (χ2v) is 8.13. The maximum absolute atomic E-state index is 13.4. The van der Waals surface area contributed by atoms with Crippen LogP contribution in [0, 0.1) is 0 Å². The summed E-state index contributed by atoms with van der Waals surface area (Å²) in [5, 5.41) is 5.19. The zero-order chi connectivity index (χ0) is 22.2. The van der Waals surface area contributed by atoms with E-state index in [9.17, 15) is 9.59 Å². The van der Waals surface area contributed by atoms with E-state index in [1.165, 1.54) is 9.08 Å². The number of hydrogen-bond donors (Lipinski definition) is 0. The number of rotatable bonds is 5. The summed E-state index contributed by atoms with van der Waals surface area (Å²) in [6.45, 7) is -0.103. The van der Waals surface area contributed by atoms with E-state index in [0.29, 0.717) is 22.6 Å². The maximum atomic E-state index is 13.4. The number of hydrogen-bond acceptors (Lipinski definition) is 5. The Hall–Kier alpha value is -3.78. The quantitative estimate of drug-likeness (QED) is 0.343. The average Bonchev–Trinajstić information content (AvgIpc) is 3.28. The largest absolute Gasteiger partial charge is 0.497 e. The molecule has 0 saturated carbocycles. The molecular formula is C24H17BrN4O3. The Bertz CT molecular complexity index is 1520. The number of ether oxygens (including phenoxy) is 1. The number of Topliss-reactive ketones (excluding diaryl/α,β-unsaturated/α-hetero) is 1. The molecule has 0 bridgehead atoms. The molecule has 0 saturated heterocycles. The number of carbonyl (C=O) groups is 1. The number of nitrogens with zero attached hydrogens (tertiary/aromatic N) is 4. The van der Waals surface area contributed by atoms with Crippen LogP contribution in [0.4, 0.5) is 0 Å². The van der Waals surface area contributed by atoms with Crippen LogP contribution in [-0.4, -0.2) is 32.1 Å². The SMILES string of the molecule is COc1ccc(-c2nc3c4ccccc4n(CC(=O)c4ccc(Br)cc4)c(=O)n3n2)cc1. The Morgan fingerprint density at radius 1 is 1.00 bits per heavy atom. The Balaban J connectivity index is 1.66. The molecule has 5 rings (SSSR count). The van der Waals surface area contributed by atoms with Gasteiger partial charge >= 0.3 is 5.69 Å². The molecule has 0 fully saturated rings. The van der Waals surface area contributed by atoms with Gasteiger partial charge in [0, 0.05) is 21.0 Å². The van der Waals surface area contributed by atoms with Gasteiger partial charge in [-0.3, -0.25) is 9.36 Å². The fraction of sp³-hybridized carbons (Fsp3) is 0.0833. The lowest BCUT2D eigenvalue weighted by Crippen LogP contribution is -2.30. The van der Waals surface area contributed by atoms with E-state index in [1.54, 1.807) is 31.4 Å². The third-order valence-electron chi connectivity index (χ3n) is 5.27. The Labute approximate surface area is 191 Å². The first-order chi connectivity index (χ1) is 15.5. The summed E-state index contributed by atoms with van der Waals surface area (Å²) in [6.07, 6.45) is 0. The van der Waals surface area contributed by atoms with Crippen molar-refractivity contribution in [3.63, 3.8) is 0 Å². The highest BCUT2D eigenvalue weighted by atomic mass is 79.9. The van der Waals surface area contributed by atoms with Crippen LogP contribution in [0.25, 0.3) is 27.9 Å². The summed E-state index contributed by atoms with van der Waals surface area (Å²) < 4.78 is 8.79. The van der Waals surface area contributed by atoms with Crippen molar-refractivity contribution in [1.29, 1.82) is 0 Å². The van der Waals surface area contributed by atoms with Gasteiger partial charge in [0.1, 0.15) is 5.75 Å². The lowest BCUT2D eigenvalue weighted by molar-refractivity contribution is 0.0971. The van der Waals surface area contributed by atoms with Gasteiger partial charge in [-0.1, -0.05) is 40.2 Å². The minimum atomic E-state index is -0.420. The van der Waals surface area contributed by atoms with Gasteiger partial charge in [-0.05, 0) is 48.5 Å². The predicted octanol–water partition coefficient (Wildman–Crippen LogP) is 4.37. The number of ketones is 1. The number of methoxy groups -OCH3 is 1. The molecule has 0 aliphatic rings. The van der Waals surface area contributed by atoms with Gasteiger partial charge in [0.25, 0.3) is 0 Å². The predicted molar refractivity (Wildman–Crippen MR) is 125 cm³/mol. The monoisotopic (exact) mass is 488 g/mol. The number of halogens is 1. The molecule has 32 heavy (non-hydrogen) atoms. The minimum Gasteiger partial charge on any atom is -0.497 e. The fourth-order valence-corrected chi connectivity index (χ4v) is 3.89. The first kappa shape index (κ1) is 20.1. The lowest BCUT2D eigenvalue weighted by Gasteiger charge is -2.10. The van der Waals surface area contributed by atoms with Crippen LogP contribution in [0.2, 0.25) is 0 Å². The molecule has 0 unspecified atom stereocenters. The van der Waals surface area contributed by atoms with Gasteiger partial charge in [-0.15, -0.1) is 5.10 Å². The molecule has 2 heterocycles. The summed E-state index contributed by atoms with van der Waals surface area (Å²) in [5.74, 6) is 0.975. The second kappa shape index (κ2) is 8.05. The smallest absolute Gasteiger partial charge is 0.351 e. The van der Waals surface area contributed by atoms with Crippen LogP contribution < -0.4 is 10.4 Å². The van der Waals surface area contributed by atoms with Crippen LogP contribution >= 0.6 is 15.9 Å². The van der Waals surface area contributed by atoms with E-state index < -0.39 is 5.69 Å². The first-order valence-corrected chi connectivity index (χ1v) is 10.7. The molecule has 3 aromatic carbocycles. The molecule has 7 nitrogen and oxygen atoms in total.